The van der Waals surface area contributed by atoms with Crippen LogP contribution in [0.15, 0.2) is 24.3 Å². The van der Waals surface area contributed by atoms with Crippen LogP contribution in [-0.2, 0) is 25.5 Å². The smallest absolute Gasteiger partial charge is 0.405 e. The molecule has 0 heterocycles. The number of rotatable bonds is 6. The number of benzene rings is 1. The molecule has 1 aromatic carbocycles. The molecular formula is C14H15F3N2O4. The van der Waals surface area contributed by atoms with Crippen molar-refractivity contribution < 1.29 is 32.3 Å². The summed E-state index contributed by atoms with van der Waals surface area (Å²) >= 11 is 0. The quantitative estimate of drug-likeness (QED) is 0.772. The van der Waals surface area contributed by atoms with E-state index in [0.29, 0.717) is 11.3 Å². The highest BCUT2D eigenvalue weighted by atomic mass is 19.4. The molecule has 9 heteroatoms. The molecule has 6 nitrogen and oxygen atoms in total. The summed E-state index contributed by atoms with van der Waals surface area (Å²) in [6, 6.07) is 6.33. The monoisotopic (exact) mass is 332 g/mol. The van der Waals surface area contributed by atoms with Crippen LogP contribution in [-0.4, -0.2) is 37.1 Å². The van der Waals surface area contributed by atoms with Gasteiger partial charge in [-0.05, 0) is 17.7 Å². The van der Waals surface area contributed by atoms with Crippen molar-refractivity contribution >= 4 is 23.5 Å². The van der Waals surface area contributed by atoms with E-state index in [0.717, 1.165) is 0 Å². The number of carbonyl (C=O) groups is 3. The number of esters is 1. The maximum absolute atomic E-state index is 11.9. The van der Waals surface area contributed by atoms with Crippen molar-refractivity contribution in [3.8, 4) is 0 Å². The summed E-state index contributed by atoms with van der Waals surface area (Å²) in [6.07, 6.45) is -4.66. The average Bonchev–Trinajstić information content (AvgIpc) is 2.44. The highest BCUT2D eigenvalue weighted by Crippen LogP contribution is 2.12. The molecule has 2 amide bonds. The summed E-state index contributed by atoms with van der Waals surface area (Å²) in [7, 11) is 0. The van der Waals surface area contributed by atoms with Gasteiger partial charge >= 0.3 is 12.1 Å². The molecule has 0 radical (unpaired) electrons. The third-order valence-electron chi connectivity index (χ3n) is 2.47. The van der Waals surface area contributed by atoms with Crippen molar-refractivity contribution in [3.63, 3.8) is 0 Å². The van der Waals surface area contributed by atoms with Gasteiger partial charge in [0.2, 0.25) is 5.91 Å². The summed E-state index contributed by atoms with van der Waals surface area (Å²) in [5.41, 5.74) is 1.13. The fourth-order valence-electron chi connectivity index (χ4n) is 1.52. The highest BCUT2D eigenvalue weighted by molar-refractivity contribution is 5.88. The van der Waals surface area contributed by atoms with E-state index in [1.54, 1.807) is 29.6 Å². The lowest BCUT2D eigenvalue weighted by Crippen LogP contribution is -2.36. The Bertz CT molecular complexity index is 570. The lowest BCUT2D eigenvalue weighted by Gasteiger charge is -2.09. The van der Waals surface area contributed by atoms with Crippen molar-refractivity contribution in [1.82, 2.24) is 5.32 Å². The Labute approximate surface area is 130 Å². The number of ether oxygens (including phenoxy) is 1. The van der Waals surface area contributed by atoms with Gasteiger partial charge in [0.05, 0.1) is 6.42 Å². The fraction of sp³-hybridized carbons (Fsp3) is 0.357. The van der Waals surface area contributed by atoms with E-state index in [4.69, 9.17) is 0 Å². The minimum Gasteiger partial charge on any atom is -0.455 e. The molecule has 0 aliphatic rings. The molecule has 0 aromatic heterocycles. The van der Waals surface area contributed by atoms with Crippen molar-refractivity contribution in [2.75, 3.05) is 18.5 Å². The Balaban J connectivity index is 2.36. The van der Waals surface area contributed by atoms with Gasteiger partial charge in [0.15, 0.2) is 6.61 Å². The minimum absolute atomic E-state index is 0.146. The van der Waals surface area contributed by atoms with Crippen LogP contribution in [0.5, 0.6) is 0 Å². The number of amides is 2. The van der Waals surface area contributed by atoms with E-state index < -0.39 is 31.2 Å². The summed E-state index contributed by atoms with van der Waals surface area (Å²) in [5.74, 6) is -2.02. The number of hydrogen-bond donors (Lipinski definition) is 2. The molecule has 0 aliphatic carbocycles. The van der Waals surface area contributed by atoms with Crippen molar-refractivity contribution in [1.29, 1.82) is 0 Å². The van der Waals surface area contributed by atoms with Gasteiger partial charge < -0.3 is 15.4 Å². The predicted molar refractivity (Wildman–Crippen MR) is 74.5 cm³/mol. The zero-order valence-corrected chi connectivity index (χ0v) is 12.2. The molecule has 0 bridgehead atoms. The molecule has 0 unspecified atom stereocenters. The third-order valence-corrected chi connectivity index (χ3v) is 2.47. The Morgan fingerprint density at radius 2 is 1.74 bits per heavy atom. The normalized spacial score (nSPS) is 10.8. The number of anilines is 1. The first kappa shape index (κ1) is 18.5. The van der Waals surface area contributed by atoms with Gasteiger partial charge in [0.25, 0.3) is 5.91 Å². The number of carbonyl (C=O) groups excluding carboxylic acids is 3. The summed E-state index contributed by atoms with van der Waals surface area (Å²) < 4.78 is 40.2. The molecule has 2 N–H and O–H groups in total. The largest absolute Gasteiger partial charge is 0.455 e. The summed E-state index contributed by atoms with van der Waals surface area (Å²) in [5, 5.41) is 4.14. The van der Waals surface area contributed by atoms with Crippen LogP contribution < -0.4 is 10.6 Å². The van der Waals surface area contributed by atoms with Gasteiger partial charge in [-0.25, -0.2) is 0 Å². The second kappa shape index (κ2) is 8.16. The van der Waals surface area contributed by atoms with E-state index in [1.807, 2.05) is 0 Å². The molecule has 126 valence electrons. The SMILES string of the molecule is CC(=O)Nc1ccc(CC(=O)OCC(=O)NCC(F)(F)F)cc1. The second-order valence-electron chi connectivity index (χ2n) is 4.61. The number of nitrogens with one attached hydrogen (secondary N) is 2. The fourth-order valence-corrected chi connectivity index (χ4v) is 1.52. The van der Waals surface area contributed by atoms with Gasteiger partial charge in [-0.3, -0.25) is 14.4 Å². The third kappa shape index (κ3) is 8.44. The summed E-state index contributed by atoms with van der Waals surface area (Å²) in [6.45, 7) is -0.901. The van der Waals surface area contributed by atoms with Crippen LogP contribution in [0.25, 0.3) is 0 Å². The Morgan fingerprint density at radius 1 is 1.13 bits per heavy atom. The Kier molecular flexibility index (Phi) is 6.55. The molecular weight excluding hydrogens is 317 g/mol. The minimum atomic E-state index is -4.52. The zero-order valence-electron chi connectivity index (χ0n) is 12.2. The maximum Gasteiger partial charge on any atom is 0.405 e. The standard InChI is InChI=1S/C14H15F3N2O4/c1-9(20)19-11-4-2-10(3-5-11)6-13(22)23-7-12(21)18-8-14(15,16)17/h2-5H,6-8H2,1H3,(H,18,21)(H,19,20). The average molecular weight is 332 g/mol. The van der Waals surface area contributed by atoms with E-state index in [9.17, 15) is 27.6 Å². The van der Waals surface area contributed by atoms with E-state index >= 15 is 0 Å². The van der Waals surface area contributed by atoms with Crippen LogP contribution in [0.4, 0.5) is 18.9 Å². The predicted octanol–water partition coefficient (Wildman–Crippen LogP) is 1.41. The number of alkyl halides is 3. The van der Waals surface area contributed by atoms with Crippen LogP contribution in [0.2, 0.25) is 0 Å². The van der Waals surface area contributed by atoms with E-state index in [2.05, 4.69) is 10.1 Å². The first-order chi connectivity index (χ1) is 10.7. The van der Waals surface area contributed by atoms with Crippen LogP contribution >= 0.6 is 0 Å². The van der Waals surface area contributed by atoms with Crippen molar-refractivity contribution in [2.24, 2.45) is 0 Å². The topological polar surface area (TPSA) is 84.5 Å². The van der Waals surface area contributed by atoms with Gasteiger partial charge in [-0.1, -0.05) is 12.1 Å². The first-order valence-corrected chi connectivity index (χ1v) is 6.51. The van der Waals surface area contributed by atoms with Gasteiger partial charge in [0, 0.05) is 12.6 Å². The van der Waals surface area contributed by atoms with Gasteiger partial charge in [0.1, 0.15) is 6.54 Å². The van der Waals surface area contributed by atoms with Crippen LogP contribution in [0.3, 0.4) is 0 Å². The van der Waals surface area contributed by atoms with Crippen molar-refractivity contribution in [2.45, 2.75) is 19.5 Å². The molecule has 0 fully saturated rings. The molecule has 1 rings (SSSR count). The molecule has 0 saturated heterocycles. The van der Waals surface area contributed by atoms with Crippen LogP contribution in [0, 0.1) is 0 Å². The van der Waals surface area contributed by atoms with Crippen LogP contribution in [0.1, 0.15) is 12.5 Å². The van der Waals surface area contributed by atoms with Gasteiger partial charge in [-0.2, -0.15) is 13.2 Å². The molecule has 0 aliphatic heterocycles. The van der Waals surface area contributed by atoms with E-state index in [-0.39, 0.29) is 12.3 Å². The number of halogens is 3. The zero-order chi connectivity index (χ0) is 17.5. The first-order valence-electron chi connectivity index (χ1n) is 6.51. The Hall–Kier alpha value is -2.58. The summed E-state index contributed by atoms with van der Waals surface area (Å²) in [4.78, 5) is 33.4. The molecule has 0 saturated carbocycles. The molecule has 23 heavy (non-hydrogen) atoms. The lowest BCUT2D eigenvalue weighted by atomic mass is 10.1. The molecule has 1 aromatic rings. The second-order valence-corrected chi connectivity index (χ2v) is 4.61. The number of hydrogen-bond acceptors (Lipinski definition) is 4. The highest BCUT2D eigenvalue weighted by Gasteiger charge is 2.27. The molecule has 0 atom stereocenters. The van der Waals surface area contributed by atoms with Gasteiger partial charge in [-0.15, -0.1) is 0 Å². The maximum atomic E-state index is 11.9. The van der Waals surface area contributed by atoms with Crippen molar-refractivity contribution in [3.05, 3.63) is 29.8 Å². The Morgan fingerprint density at radius 3 is 2.26 bits per heavy atom. The lowest BCUT2D eigenvalue weighted by molar-refractivity contribution is -0.150. The molecule has 0 spiro atoms. The van der Waals surface area contributed by atoms with E-state index in [1.165, 1.54) is 6.92 Å².